The predicted octanol–water partition coefficient (Wildman–Crippen LogP) is 2.57. The van der Waals surface area contributed by atoms with Gasteiger partial charge in [-0.1, -0.05) is 19.1 Å². The van der Waals surface area contributed by atoms with Gasteiger partial charge in [-0.25, -0.2) is 0 Å². The van der Waals surface area contributed by atoms with E-state index in [0.29, 0.717) is 17.6 Å². The quantitative estimate of drug-likeness (QED) is 0.573. The molecule has 0 aromatic heterocycles. The van der Waals surface area contributed by atoms with Gasteiger partial charge in [0.25, 0.3) is 0 Å². The Balaban J connectivity index is 2.18. The average molecular weight is 164 g/mol. The predicted molar refractivity (Wildman–Crippen MR) is 48.8 cm³/mol. The van der Waals surface area contributed by atoms with Crippen LogP contribution in [0.3, 0.4) is 0 Å². The summed E-state index contributed by atoms with van der Waals surface area (Å²) in [4.78, 5) is 11.1. The molecule has 1 fully saturated rings. The van der Waals surface area contributed by atoms with E-state index in [9.17, 15) is 4.79 Å². The van der Waals surface area contributed by atoms with Crippen molar-refractivity contribution in [3.63, 3.8) is 0 Å². The summed E-state index contributed by atoms with van der Waals surface area (Å²) in [5, 5.41) is 0. The van der Waals surface area contributed by atoms with Gasteiger partial charge in [-0.15, -0.1) is 0 Å². The van der Waals surface area contributed by atoms with Crippen molar-refractivity contribution < 1.29 is 4.79 Å². The maximum absolute atomic E-state index is 11.1. The largest absolute Gasteiger partial charge is 0.300 e. The van der Waals surface area contributed by atoms with Gasteiger partial charge in [-0.2, -0.15) is 0 Å². The molecule has 0 saturated heterocycles. The number of rotatable bonds is 2. The van der Waals surface area contributed by atoms with Crippen molar-refractivity contribution in [2.45, 2.75) is 33.1 Å². The number of hydrogen-bond donors (Lipinski definition) is 0. The highest BCUT2D eigenvalue weighted by Crippen LogP contribution is 2.55. The molecule has 2 atom stereocenters. The monoisotopic (exact) mass is 164 g/mol. The number of fused-ring (bicyclic) bond motifs is 2. The molecule has 2 aliphatic carbocycles. The lowest BCUT2D eigenvalue weighted by molar-refractivity contribution is -0.119. The number of Topliss-reactive ketones (excluding diaryl/α,β-unsaturated/α-hetero) is 1. The van der Waals surface area contributed by atoms with Crippen LogP contribution in [0.25, 0.3) is 0 Å². The van der Waals surface area contributed by atoms with Gasteiger partial charge in [0.2, 0.25) is 0 Å². The first-order valence-electron chi connectivity index (χ1n) is 4.81. The van der Waals surface area contributed by atoms with Crippen LogP contribution in [0.4, 0.5) is 0 Å². The van der Waals surface area contributed by atoms with Crippen LogP contribution in [0.5, 0.6) is 0 Å². The van der Waals surface area contributed by atoms with Gasteiger partial charge >= 0.3 is 0 Å². The topological polar surface area (TPSA) is 17.1 Å². The third kappa shape index (κ3) is 0.954. The van der Waals surface area contributed by atoms with Crippen LogP contribution in [0.2, 0.25) is 0 Å². The SMILES string of the molecule is CC(=O)CC1(C)C2C=CC1CC2. The zero-order chi connectivity index (χ0) is 8.77. The van der Waals surface area contributed by atoms with Crippen molar-refractivity contribution in [3.05, 3.63) is 12.2 Å². The van der Waals surface area contributed by atoms with Crippen LogP contribution < -0.4 is 0 Å². The summed E-state index contributed by atoms with van der Waals surface area (Å²) in [5.41, 5.74) is 0.284. The Morgan fingerprint density at radius 2 is 1.92 bits per heavy atom. The van der Waals surface area contributed by atoms with E-state index in [1.807, 2.05) is 0 Å². The van der Waals surface area contributed by atoms with Crippen LogP contribution in [0.1, 0.15) is 33.1 Å². The third-order valence-electron chi connectivity index (χ3n) is 3.69. The van der Waals surface area contributed by atoms with Gasteiger partial charge in [-0.05, 0) is 37.0 Å². The second-order valence-corrected chi connectivity index (χ2v) is 4.56. The molecule has 0 aromatic carbocycles. The summed E-state index contributed by atoms with van der Waals surface area (Å²) in [6, 6.07) is 0. The van der Waals surface area contributed by atoms with Crippen molar-refractivity contribution in [1.29, 1.82) is 0 Å². The van der Waals surface area contributed by atoms with E-state index in [4.69, 9.17) is 0 Å². The van der Waals surface area contributed by atoms with Gasteiger partial charge in [-0.3, -0.25) is 0 Å². The molecule has 0 aliphatic heterocycles. The highest BCUT2D eigenvalue weighted by molar-refractivity contribution is 5.76. The van der Waals surface area contributed by atoms with E-state index in [1.165, 1.54) is 12.8 Å². The van der Waals surface area contributed by atoms with Gasteiger partial charge in [0, 0.05) is 6.42 Å². The van der Waals surface area contributed by atoms with Crippen molar-refractivity contribution in [2.24, 2.45) is 17.3 Å². The summed E-state index contributed by atoms with van der Waals surface area (Å²) in [5.74, 6) is 1.72. The first-order valence-corrected chi connectivity index (χ1v) is 4.81. The first kappa shape index (κ1) is 8.03. The van der Waals surface area contributed by atoms with Crippen LogP contribution in [-0.2, 0) is 4.79 Å². The second-order valence-electron chi connectivity index (χ2n) is 4.56. The standard InChI is InChI=1S/C11H16O/c1-8(12)7-11(2)9-3-4-10(11)6-5-9/h3-4,9-10H,5-7H2,1-2H3. The van der Waals surface area contributed by atoms with E-state index in [0.717, 1.165) is 6.42 Å². The van der Waals surface area contributed by atoms with E-state index in [-0.39, 0.29) is 5.41 Å². The number of ketones is 1. The molecule has 0 radical (unpaired) electrons. The fourth-order valence-electron chi connectivity index (χ4n) is 2.99. The summed E-state index contributed by atoms with van der Waals surface area (Å²) < 4.78 is 0. The first-order chi connectivity index (χ1) is 5.63. The number of allylic oxidation sites excluding steroid dienone is 2. The fourth-order valence-corrected chi connectivity index (χ4v) is 2.99. The lowest BCUT2D eigenvalue weighted by Gasteiger charge is -2.28. The highest BCUT2D eigenvalue weighted by atomic mass is 16.1. The second kappa shape index (κ2) is 2.45. The third-order valence-corrected chi connectivity index (χ3v) is 3.69. The lowest BCUT2D eigenvalue weighted by atomic mass is 9.75. The van der Waals surface area contributed by atoms with E-state index in [2.05, 4.69) is 19.1 Å². The van der Waals surface area contributed by atoms with E-state index in [1.54, 1.807) is 6.92 Å². The fraction of sp³-hybridized carbons (Fsp3) is 0.727. The lowest BCUT2D eigenvalue weighted by Crippen LogP contribution is -2.25. The Kier molecular flexibility index (Phi) is 1.64. The molecule has 0 amide bonds. The Hall–Kier alpha value is -0.590. The molecular formula is C11H16O. The van der Waals surface area contributed by atoms with E-state index < -0.39 is 0 Å². The van der Waals surface area contributed by atoms with Crippen molar-refractivity contribution in [3.8, 4) is 0 Å². The highest BCUT2D eigenvalue weighted by Gasteiger charge is 2.48. The van der Waals surface area contributed by atoms with E-state index >= 15 is 0 Å². The van der Waals surface area contributed by atoms with Crippen LogP contribution in [0, 0.1) is 17.3 Å². The maximum Gasteiger partial charge on any atom is 0.130 e. The maximum atomic E-state index is 11.1. The molecule has 2 bridgehead atoms. The Bertz CT molecular complexity index is 225. The van der Waals surface area contributed by atoms with Crippen LogP contribution >= 0.6 is 0 Å². The zero-order valence-corrected chi connectivity index (χ0v) is 7.84. The molecule has 0 aromatic rings. The molecule has 0 heterocycles. The minimum atomic E-state index is 0.284. The molecule has 0 N–H and O–H groups in total. The Labute approximate surface area is 73.8 Å². The Morgan fingerprint density at radius 3 is 2.25 bits per heavy atom. The summed E-state index contributed by atoms with van der Waals surface area (Å²) in [6.07, 6.45) is 8.00. The van der Waals surface area contributed by atoms with Crippen molar-refractivity contribution in [2.75, 3.05) is 0 Å². The minimum absolute atomic E-state index is 0.284. The number of hydrogen-bond acceptors (Lipinski definition) is 1. The normalized spacial score (nSPS) is 43.8. The molecule has 0 spiro atoms. The van der Waals surface area contributed by atoms with Crippen molar-refractivity contribution >= 4 is 5.78 Å². The molecule has 66 valence electrons. The van der Waals surface area contributed by atoms with Crippen LogP contribution in [0.15, 0.2) is 12.2 Å². The summed E-state index contributed by atoms with van der Waals surface area (Å²) in [7, 11) is 0. The molecule has 1 nitrogen and oxygen atoms in total. The summed E-state index contributed by atoms with van der Waals surface area (Å²) >= 11 is 0. The molecule has 2 unspecified atom stereocenters. The average Bonchev–Trinajstić information content (AvgIpc) is 2.43. The van der Waals surface area contributed by atoms with Gasteiger partial charge < -0.3 is 4.79 Å². The zero-order valence-electron chi connectivity index (χ0n) is 7.84. The molecule has 1 saturated carbocycles. The smallest absolute Gasteiger partial charge is 0.130 e. The minimum Gasteiger partial charge on any atom is -0.300 e. The summed E-state index contributed by atoms with van der Waals surface area (Å²) in [6.45, 7) is 3.99. The van der Waals surface area contributed by atoms with Gasteiger partial charge in [0.05, 0.1) is 0 Å². The molecular weight excluding hydrogens is 148 g/mol. The molecule has 2 rings (SSSR count). The molecule has 1 heteroatoms. The molecule has 2 aliphatic rings. The number of carbonyl (C=O) groups excluding carboxylic acids is 1. The van der Waals surface area contributed by atoms with Crippen LogP contribution in [-0.4, -0.2) is 5.78 Å². The van der Waals surface area contributed by atoms with Gasteiger partial charge in [0.1, 0.15) is 5.78 Å². The number of carbonyl (C=O) groups is 1. The van der Waals surface area contributed by atoms with Crippen molar-refractivity contribution in [1.82, 2.24) is 0 Å². The van der Waals surface area contributed by atoms with Gasteiger partial charge in [0.15, 0.2) is 0 Å². The molecule has 12 heavy (non-hydrogen) atoms. The Morgan fingerprint density at radius 1 is 1.42 bits per heavy atom.